The second-order valence-corrected chi connectivity index (χ2v) is 4.34. The zero-order chi connectivity index (χ0) is 13.7. The van der Waals surface area contributed by atoms with Crippen molar-refractivity contribution >= 4 is 16.7 Å². The molecule has 0 bridgehead atoms. The fourth-order valence-electron chi connectivity index (χ4n) is 1.79. The molecule has 0 heterocycles. The first-order chi connectivity index (χ1) is 9.20. The van der Waals surface area contributed by atoms with Crippen molar-refractivity contribution in [3.05, 3.63) is 42.5 Å². The van der Waals surface area contributed by atoms with Crippen molar-refractivity contribution in [3.8, 4) is 5.75 Å². The molecular formula is C15H17NO3. The van der Waals surface area contributed by atoms with Crippen LogP contribution in [0.1, 0.15) is 0 Å². The molecule has 0 unspecified atom stereocenters. The molecule has 0 aliphatic heterocycles. The highest BCUT2D eigenvalue weighted by Crippen LogP contribution is 2.20. The molecule has 0 aromatic heterocycles. The number of hydrogen-bond acceptors (Lipinski definition) is 3. The zero-order valence-corrected chi connectivity index (χ0v) is 10.9. The van der Waals surface area contributed by atoms with Crippen LogP contribution in [0.2, 0.25) is 0 Å². The number of rotatable bonds is 5. The van der Waals surface area contributed by atoms with E-state index in [2.05, 4.69) is 0 Å². The minimum atomic E-state index is -0.151. The second-order valence-electron chi connectivity index (χ2n) is 4.34. The van der Waals surface area contributed by atoms with Gasteiger partial charge in [-0.15, -0.1) is 0 Å². The molecule has 0 saturated carbocycles. The summed E-state index contributed by atoms with van der Waals surface area (Å²) < 4.78 is 5.47. The molecule has 19 heavy (non-hydrogen) atoms. The van der Waals surface area contributed by atoms with Crippen molar-refractivity contribution in [1.82, 2.24) is 4.90 Å². The molecule has 1 amide bonds. The third kappa shape index (κ3) is 3.45. The third-order valence-electron chi connectivity index (χ3n) is 2.94. The fourth-order valence-corrected chi connectivity index (χ4v) is 1.79. The summed E-state index contributed by atoms with van der Waals surface area (Å²) in [6, 6.07) is 13.7. The van der Waals surface area contributed by atoms with Gasteiger partial charge in [0.2, 0.25) is 0 Å². The van der Waals surface area contributed by atoms with Gasteiger partial charge in [0.25, 0.3) is 5.91 Å². The van der Waals surface area contributed by atoms with Gasteiger partial charge in [-0.1, -0.05) is 30.3 Å². The first kappa shape index (κ1) is 13.4. The number of nitrogens with zero attached hydrogens (tertiary/aromatic N) is 1. The lowest BCUT2D eigenvalue weighted by Crippen LogP contribution is -2.33. The van der Waals surface area contributed by atoms with E-state index in [0.717, 1.165) is 10.8 Å². The predicted molar refractivity (Wildman–Crippen MR) is 74.2 cm³/mol. The Bertz CT molecular complexity index is 568. The van der Waals surface area contributed by atoms with E-state index in [9.17, 15) is 4.79 Å². The molecule has 0 radical (unpaired) electrons. The predicted octanol–water partition coefficient (Wildman–Crippen LogP) is 1.67. The van der Waals surface area contributed by atoms with Crippen LogP contribution in [-0.2, 0) is 4.79 Å². The van der Waals surface area contributed by atoms with Crippen molar-refractivity contribution in [2.75, 3.05) is 26.8 Å². The zero-order valence-electron chi connectivity index (χ0n) is 10.9. The number of aliphatic hydroxyl groups is 1. The Labute approximate surface area is 112 Å². The van der Waals surface area contributed by atoms with Gasteiger partial charge in [-0.25, -0.2) is 0 Å². The van der Waals surface area contributed by atoms with Crippen LogP contribution >= 0.6 is 0 Å². The monoisotopic (exact) mass is 259 g/mol. The van der Waals surface area contributed by atoms with Crippen LogP contribution in [0, 0.1) is 0 Å². The SMILES string of the molecule is CN(CCO)C(=O)COc1ccc2ccccc2c1. The Morgan fingerprint density at radius 3 is 2.68 bits per heavy atom. The van der Waals surface area contributed by atoms with Crippen LogP contribution in [0.4, 0.5) is 0 Å². The van der Waals surface area contributed by atoms with Crippen molar-refractivity contribution in [2.45, 2.75) is 0 Å². The van der Waals surface area contributed by atoms with E-state index in [-0.39, 0.29) is 19.1 Å². The van der Waals surface area contributed by atoms with Crippen LogP contribution in [0.5, 0.6) is 5.75 Å². The molecule has 0 spiro atoms. The summed E-state index contributed by atoms with van der Waals surface area (Å²) in [6.07, 6.45) is 0. The van der Waals surface area contributed by atoms with Crippen LogP contribution < -0.4 is 4.74 Å². The van der Waals surface area contributed by atoms with Gasteiger partial charge in [-0.3, -0.25) is 4.79 Å². The highest BCUT2D eigenvalue weighted by molar-refractivity contribution is 5.84. The Morgan fingerprint density at radius 1 is 1.21 bits per heavy atom. The molecule has 0 saturated heterocycles. The number of amides is 1. The van der Waals surface area contributed by atoms with Crippen molar-refractivity contribution < 1.29 is 14.6 Å². The maximum atomic E-state index is 11.7. The summed E-state index contributed by atoms with van der Waals surface area (Å²) in [5.41, 5.74) is 0. The van der Waals surface area contributed by atoms with Crippen molar-refractivity contribution in [3.63, 3.8) is 0 Å². The van der Waals surface area contributed by atoms with Gasteiger partial charge in [0.05, 0.1) is 6.61 Å². The normalized spacial score (nSPS) is 10.4. The first-order valence-electron chi connectivity index (χ1n) is 6.17. The van der Waals surface area contributed by atoms with Crippen LogP contribution in [0.15, 0.2) is 42.5 Å². The molecule has 0 fully saturated rings. The maximum absolute atomic E-state index is 11.7. The summed E-state index contributed by atoms with van der Waals surface area (Å²) in [4.78, 5) is 13.1. The van der Waals surface area contributed by atoms with Crippen molar-refractivity contribution in [2.24, 2.45) is 0 Å². The van der Waals surface area contributed by atoms with Gasteiger partial charge in [-0.2, -0.15) is 0 Å². The molecule has 100 valence electrons. The maximum Gasteiger partial charge on any atom is 0.260 e. The van der Waals surface area contributed by atoms with Gasteiger partial charge >= 0.3 is 0 Å². The summed E-state index contributed by atoms with van der Waals surface area (Å²) in [5.74, 6) is 0.520. The van der Waals surface area contributed by atoms with Crippen LogP contribution in [0.25, 0.3) is 10.8 Å². The number of likely N-dealkylation sites (N-methyl/N-ethyl adjacent to an activating group) is 1. The average Bonchev–Trinajstić information content (AvgIpc) is 2.44. The highest BCUT2D eigenvalue weighted by atomic mass is 16.5. The third-order valence-corrected chi connectivity index (χ3v) is 2.94. The van der Waals surface area contributed by atoms with E-state index in [1.165, 1.54) is 4.90 Å². The number of fused-ring (bicyclic) bond motifs is 1. The molecule has 1 N–H and O–H groups in total. The lowest BCUT2D eigenvalue weighted by molar-refractivity contribution is -0.132. The summed E-state index contributed by atoms with van der Waals surface area (Å²) in [7, 11) is 1.64. The minimum Gasteiger partial charge on any atom is -0.484 e. The molecule has 0 atom stereocenters. The number of carbonyl (C=O) groups excluding carboxylic acids is 1. The van der Waals surface area contributed by atoms with E-state index >= 15 is 0 Å². The summed E-state index contributed by atoms with van der Waals surface area (Å²) in [6.45, 7) is 0.257. The van der Waals surface area contributed by atoms with Gasteiger partial charge in [0.1, 0.15) is 5.75 Å². The molecule has 0 aliphatic carbocycles. The van der Waals surface area contributed by atoms with Crippen molar-refractivity contribution in [1.29, 1.82) is 0 Å². The van der Waals surface area contributed by atoms with E-state index < -0.39 is 0 Å². The Kier molecular flexibility index (Phi) is 4.36. The Morgan fingerprint density at radius 2 is 1.95 bits per heavy atom. The Hall–Kier alpha value is -2.07. The number of ether oxygens (including phenoxy) is 1. The topological polar surface area (TPSA) is 49.8 Å². The van der Waals surface area contributed by atoms with Gasteiger partial charge in [0.15, 0.2) is 6.61 Å². The molecule has 2 aromatic carbocycles. The number of aliphatic hydroxyl groups excluding tert-OH is 1. The van der Waals surface area contributed by atoms with E-state index in [0.29, 0.717) is 12.3 Å². The van der Waals surface area contributed by atoms with Gasteiger partial charge in [-0.05, 0) is 22.9 Å². The standard InChI is InChI=1S/C15H17NO3/c1-16(8-9-17)15(18)11-19-14-7-6-12-4-2-3-5-13(12)10-14/h2-7,10,17H,8-9,11H2,1H3. The van der Waals surface area contributed by atoms with Crippen LogP contribution in [-0.4, -0.2) is 42.7 Å². The average molecular weight is 259 g/mol. The molecule has 0 aliphatic rings. The second kappa shape index (κ2) is 6.20. The fraction of sp³-hybridized carbons (Fsp3) is 0.267. The van der Waals surface area contributed by atoms with Gasteiger partial charge < -0.3 is 14.7 Å². The smallest absolute Gasteiger partial charge is 0.260 e. The van der Waals surface area contributed by atoms with E-state index in [1.807, 2.05) is 42.5 Å². The lowest BCUT2D eigenvalue weighted by atomic mass is 10.1. The first-order valence-corrected chi connectivity index (χ1v) is 6.17. The number of hydrogen-bond donors (Lipinski definition) is 1. The summed E-state index contributed by atoms with van der Waals surface area (Å²) >= 11 is 0. The number of benzene rings is 2. The molecular weight excluding hydrogens is 242 g/mol. The van der Waals surface area contributed by atoms with E-state index in [1.54, 1.807) is 7.05 Å². The van der Waals surface area contributed by atoms with Crippen LogP contribution in [0.3, 0.4) is 0 Å². The lowest BCUT2D eigenvalue weighted by Gasteiger charge is -2.16. The largest absolute Gasteiger partial charge is 0.484 e. The van der Waals surface area contributed by atoms with Gasteiger partial charge in [0, 0.05) is 13.6 Å². The Balaban J connectivity index is 2.00. The highest BCUT2D eigenvalue weighted by Gasteiger charge is 2.08. The number of carbonyl (C=O) groups is 1. The molecule has 4 heteroatoms. The van der Waals surface area contributed by atoms with E-state index in [4.69, 9.17) is 9.84 Å². The molecule has 2 aromatic rings. The quantitative estimate of drug-likeness (QED) is 0.888. The summed E-state index contributed by atoms with van der Waals surface area (Å²) in [5, 5.41) is 11.0. The minimum absolute atomic E-state index is 0.0190. The molecule has 4 nitrogen and oxygen atoms in total. The molecule has 2 rings (SSSR count).